The highest BCUT2D eigenvalue weighted by molar-refractivity contribution is 6.07. The van der Waals surface area contributed by atoms with Gasteiger partial charge in [0.15, 0.2) is 5.82 Å². The van der Waals surface area contributed by atoms with Crippen molar-refractivity contribution in [2.75, 3.05) is 49.2 Å². The highest BCUT2D eigenvalue weighted by Gasteiger charge is 2.51. The lowest BCUT2D eigenvalue weighted by atomic mass is 9.93. The molecule has 0 saturated carbocycles. The number of imide groups is 1. The number of benzene rings is 2. The minimum atomic E-state index is -1.12. The Labute approximate surface area is 269 Å². The van der Waals surface area contributed by atoms with E-state index in [2.05, 4.69) is 26.9 Å². The molecule has 1 spiro atoms. The summed E-state index contributed by atoms with van der Waals surface area (Å²) in [4.78, 5) is 38.8. The number of hydrazine groups is 1. The number of carbonyl (C=O) groups excluding carboxylic acids is 2. The third kappa shape index (κ3) is 4.87. The molecule has 14 heteroatoms. The van der Waals surface area contributed by atoms with Gasteiger partial charge in [-0.05, 0) is 49.7 Å². The number of terminal acetylenes is 1. The van der Waals surface area contributed by atoms with E-state index in [0.717, 1.165) is 24.9 Å². The summed E-state index contributed by atoms with van der Waals surface area (Å²) in [5.74, 6) is 2.09. The average Bonchev–Trinajstić information content (AvgIpc) is 3.67. The molecule has 4 saturated heterocycles. The summed E-state index contributed by atoms with van der Waals surface area (Å²) < 4.78 is 35.7. The summed E-state index contributed by atoms with van der Waals surface area (Å²) in [6.07, 6.45) is 7.87. The van der Waals surface area contributed by atoms with E-state index in [1.807, 2.05) is 4.90 Å². The smallest absolute Gasteiger partial charge is 0.322 e. The van der Waals surface area contributed by atoms with Gasteiger partial charge in [-0.2, -0.15) is 9.97 Å². The number of aromatic nitrogens is 2. The van der Waals surface area contributed by atoms with E-state index >= 15 is 0 Å². The molecule has 4 N–H and O–H groups in total. The molecule has 5 aliphatic rings. The number of aromatic hydroxyl groups is 1. The number of hydrogen-bond donors (Lipinski definition) is 4. The number of amides is 3. The van der Waals surface area contributed by atoms with Crippen molar-refractivity contribution in [3.63, 3.8) is 0 Å². The summed E-state index contributed by atoms with van der Waals surface area (Å²) in [7, 11) is 0. The third-order valence-corrected chi connectivity index (χ3v) is 10.3. The van der Waals surface area contributed by atoms with Crippen LogP contribution in [0.4, 0.5) is 25.1 Å². The number of halogens is 2. The molecule has 0 bridgehead atoms. The lowest BCUT2D eigenvalue weighted by Crippen LogP contribution is -2.64. The maximum Gasteiger partial charge on any atom is 0.322 e. The first-order valence-corrected chi connectivity index (χ1v) is 15.9. The zero-order valence-corrected chi connectivity index (χ0v) is 25.6. The predicted octanol–water partition coefficient (Wildman–Crippen LogP) is 2.27. The van der Waals surface area contributed by atoms with Crippen LogP contribution in [-0.4, -0.2) is 88.5 Å². The number of nitrogens with one attached hydrogen (secondary N) is 3. The van der Waals surface area contributed by atoms with E-state index in [9.17, 15) is 23.5 Å². The highest BCUT2D eigenvalue weighted by Crippen LogP contribution is 2.42. The van der Waals surface area contributed by atoms with Crippen molar-refractivity contribution in [2.24, 2.45) is 0 Å². The Balaban J connectivity index is 1.18. The molecule has 8 rings (SSSR count). The molecule has 1 aromatic heterocycles. The fourth-order valence-corrected chi connectivity index (χ4v) is 8.10. The predicted molar refractivity (Wildman–Crippen MR) is 168 cm³/mol. The van der Waals surface area contributed by atoms with Crippen molar-refractivity contribution >= 4 is 34.2 Å². The van der Waals surface area contributed by atoms with Crippen LogP contribution in [0.1, 0.15) is 42.5 Å². The molecule has 3 atom stereocenters. The summed E-state index contributed by atoms with van der Waals surface area (Å²) >= 11 is 0. The minimum Gasteiger partial charge on any atom is -0.508 e. The molecular weight excluding hydrogens is 610 g/mol. The monoisotopic (exact) mass is 644 g/mol. The van der Waals surface area contributed by atoms with Gasteiger partial charge in [-0.25, -0.2) is 19.0 Å². The van der Waals surface area contributed by atoms with Crippen LogP contribution < -0.4 is 30.7 Å². The summed E-state index contributed by atoms with van der Waals surface area (Å²) in [6, 6.07) is 5.58. The van der Waals surface area contributed by atoms with Crippen LogP contribution in [0.3, 0.4) is 0 Å². The highest BCUT2D eigenvalue weighted by atomic mass is 19.1. The summed E-state index contributed by atoms with van der Waals surface area (Å²) in [6.45, 7) is 2.70. The Kier molecular flexibility index (Phi) is 6.89. The van der Waals surface area contributed by atoms with Crippen LogP contribution in [0.25, 0.3) is 10.8 Å². The van der Waals surface area contributed by atoms with Crippen molar-refractivity contribution < 1.29 is 28.2 Å². The Morgan fingerprint density at radius 1 is 1.19 bits per heavy atom. The molecule has 3 aromatic rings. The van der Waals surface area contributed by atoms with E-state index in [0.29, 0.717) is 66.9 Å². The van der Waals surface area contributed by atoms with Crippen molar-refractivity contribution in [1.29, 1.82) is 0 Å². The largest absolute Gasteiger partial charge is 0.508 e. The van der Waals surface area contributed by atoms with Crippen molar-refractivity contribution in [3.05, 3.63) is 46.9 Å². The zero-order valence-electron chi connectivity index (χ0n) is 25.6. The Morgan fingerprint density at radius 3 is 2.87 bits per heavy atom. The lowest BCUT2D eigenvalue weighted by Gasteiger charge is -2.41. The molecule has 47 heavy (non-hydrogen) atoms. The number of hydrogen-bond acceptors (Lipinski definition) is 10. The first-order valence-electron chi connectivity index (χ1n) is 15.9. The van der Waals surface area contributed by atoms with Crippen LogP contribution in [0.15, 0.2) is 24.3 Å². The van der Waals surface area contributed by atoms with Crippen molar-refractivity contribution in [1.82, 2.24) is 30.9 Å². The Bertz CT molecular complexity index is 1870. The normalized spacial score (nSPS) is 27.1. The fourth-order valence-electron chi connectivity index (χ4n) is 8.10. The second-order valence-electron chi connectivity index (χ2n) is 13.2. The molecule has 0 aliphatic carbocycles. The maximum absolute atomic E-state index is 14.9. The SMILES string of the molecule is C#Cc1c(F)ccc2cc(O)cc(N3CCc4c(nc(OC[C@@]56CCCN5C[C@H](F)C6)nc4N4CC5(CCN4)NC(=O)NC5=O)C3)c12. The van der Waals surface area contributed by atoms with Gasteiger partial charge in [0.1, 0.15) is 29.9 Å². The number of fused-ring (bicyclic) bond motifs is 3. The van der Waals surface area contributed by atoms with Crippen LogP contribution in [0, 0.1) is 18.2 Å². The maximum atomic E-state index is 14.9. The number of rotatable bonds is 5. The lowest BCUT2D eigenvalue weighted by molar-refractivity contribution is -0.124. The van der Waals surface area contributed by atoms with Gasteiger partial charge in [-0.15, -0.1) is 6.42 Å². The van der Waals surface area contributed by atoms with E-state index in [4.69, 9.17) is 21.1 Å². The number of anilines is 2. The second kappa shape index (κ2) is 10.9. The quantitative estimate of drug-likeness (QED) is 0.242. The van der Waals surface area contributed by atoms with Crippen molar-refractivity contribution in [3.8, 4) is 24.1 Å². The number of phenols is 1. The van der Waals surface area contributed by atoms with E-state index in [1.54, 1.807) is 23.2 Å². The van der Waals surface area contributed by atoms with Crippen LogP contribution >= 0.6 is 0 Å². The number of alkyl halides is 1. The molecule has 3 amide bonds. The molecule has 1 unspecified atom stereocenters. The summed E-state index contributed by atoms with van der Waals surface area (Å²) in [5.41, 5.74) is 3.93. The van der Waals surface area contributed by atoms with Gasteiger partial charge in [-0.3, -0.25) is 20.0 Å². The van der Waals surface area contributed by atoms with Gasteiger partial charge in [0.05, 0.1) is 29.9 Å². The number of phenolic OH excluding ortho intramolecular Hbond substituents is 1. The Morgan fingerprint density at radius 2 is 2.06 bits per heavy atom. The number of urea groups is 1. The van der Waals surface area contributed by atoms with Crippen LogP contribution in [0.2, 0.25) is 0 Å². The molecule has 6 heterocycles. The van der Waals surface area contributed by atoms with Crippen molar-refractivity contribution in [2.45, 2.75) is 55.9 Å². The van der Waals surface area contributed by atoms with Crippen LogP contribution in [0.5, 0.6) is 11.8 Å². The number of nitrogens with zero attached hydrogens (tertiary/aromatic N) is 5. The van der Waals surface area contributed by atoms with E-state index in [-0.39, 0.29) is 37.0 Å². The fraction of sp³-hybridized carbons (Fsp3) is 0.455. The van der Waals surface area contributed by atoms with Gasteiger partial charge in [-0.1, -0.05) is 12.0 Å². The minimum absolute atomic E-state index is 0.0167. The average molecular weight is 645 g/mol. The molecular formula is C33H34F2N8O4. The molecule has 12 nitrogen and oxygen atoms in total. The third-order valence-electron chi connectivity index (χ3n) is 10.3. The van der Waals surface area contributed by atoms with Gasteiger partial charge in [0, 0.05) is 48.8 Å². The van der Waals surface area contributed by atoms with Crippen LogP contribution in [-0.2, 0) is 17.8 Å². The van der Waals surface area contributed by atoms with Gasteiger partial charge in [0.25, 0.3) is 5.91 Å². The number of ether oxygens (including phenoxy) is 1. The second-order valence-corrected chi connectivity index (χ2v) is 13.2. The number of carbonyl (C=O) groups is 2. The zero-order chi connectivity index (χ0) is 32.5. The Hall–Kier alpha value is -4.74. The topological polar surface area (TPSA) is 135 Å². The van der Waals surface area contributed by atoms with E-state index in [1.165, 1.54) is 6.07 Å². The molecule has 5 aliphatic heterocycles. The van der Waals surface area contributed by atoms with E-state index < -0.39 is 35.0 Å². The molecule has 2 aromatic carbocycles. The van der Waals surface area contributed by atoms with Gasteiger partial charge >= 0.3 is 12.0 Å². The standard InChI is InChI=1S/C33H34F2N8O4/c1-2-22-24(35)5-4-19-12-21(44)13-26(27(19)22)41-11-6-23-25(16-41)37-31(47-18-32-7-3-10-42(32)15-20(34)14-32)38-28(23)43-17-33(8-9-36-43)29(45)39-30(46)40-33/h1,4-5,12-13,20,36,44H,3,6-11,14-18H2,(H2,39,40,45,46)/t20-,32+,33?/m1/s1. The first-order chi connectivity index (χ1) is 22.7. The molecule has 0 radical (unpaired) electrons. The van der Waals surface area contributed by atoms with Gasteiger partial charge in [0.2, 0.25) is 0 Å². The first kappa shape index (κ1) is 29.6. The summed E-state index contributed by atoms with van der Waals surface area (Å²) in [5, 5.41) is 18.6. The molecule has 244 valence electrons. The van der Waals surface area contributed by atoms with Gasteiger partial charge < -0.3 is 20.1 Å². The molecule has 4 fully saturated rings.